The van der Waals surface area contributed by atoms with Crippen molar-refractivity contribution in [3.8, 4) is 0 Å². The van der Waals surface area contributed by atoms with Crippen LogP contribution in [0, 0.1) is 0 Å². The third-order valence-corrected chi connectivity index (χ3v) is 2.68. The summed E-state index contributed by atoms with van der Waals surface area (Å²) < 4.78 is 5.76. The number of carbonyl (C=O) groups excluding carboxylic acids is 1. The molecule has 0 fully saturated rings. The average Bonchev–Trinajstić information content (AvgIpc) is 2.42. The second kappa shape index (κ2) is 3.66. The molecule has 0 saturated heterocycles. The van der Waals surface area contributed by atoms with Crippen LogP contribution in [-0.2, 0) is 9.53 Å². The van der Waals surface area contributed by atoms with Crippen molar-refractivity contribution in [3.05, 3.63) is 33.8 Å². The van der Waals surface area contributed by atoms with Gasteiger partial charge in [-0.05, 0) is 18.2 Å². The van der Waals surface area contributed by atoms with E-state index < -0.39 is 18.0 Å². The summed E-state index contributed by atoms with van der Waals surface area (Å²) >= 11 is 3.26. The highest BCUT2D eigenvalue weighted by Gasteiger charge is 2.32. The maximum absolute atomic E-state index is 11.3. The molecule has 0 amide bonds. The lowest BCUT2D eigenvalue weighted by atomic mass is 10.0. The number of ether oxygens (including phenoxy) is 1. The Hall–Kier alpha value is -1.36. The van der Waals surface area contributed by atoms with Crippen molar-refractivity contribution in [2.75, 3.05) is 0 Å². The number of halogens is 1. The molecule has 1 aliphatic heterocycles. The van der Waals surface area contributed by atoms with Crippen molar-refractivity contribution >= 4 is 27.9 Å². The van der Waals surface area contributed by atoms with E-state index in [1.807, 2.05) is 0 Å². The van der Waals surface area contributed by atoms with Crippen LogP contribution in [0.25, 0.3) is 0 Å². The molecule has 0 bridgehead atoms. The molecular weight excluding hydrogens is 264 g/mol. The fourth-order valence-electron chi connectivity index (χ4n) is 1.55. The van der Waals surface area contributed by atoms with Crippen LogP contribution in [0.1, 0.15) is 28.4 Å². The van der Waals surface area contributed by atoms with Gasteiger partial charge in [-0.25, -0.2) is 4.79 Å². The quantitative estimate of drug-likeness (QED) is 0.837. The van der Waals surface area contributed by atoms with Gasteiger partial charge in [-0.2, -0.15) is 0 Å². The molecule has 0 saturated carbocycles. The van der Waals surface area contributed by atoms with E-state index in [1.54, 1.807) is 18.2 Å². The van der Waals surface area contributed by atoms with Crippen LogP contribution < -0.4 is 0 Å². The molecule has 4 nitrogen and oxygen atoms in total. The van der Waals surface area contributed by atoms with E-state index in [9.17, 15) is 9.59 Å². The van der Waals surface area contributed by atoms with Gasteiger partial charge in [-0.3, -0.25) is 4.79 Å². The Balaban J connectivity index is 2.39. The normalized spacial score (nSPS) is 18.5. The average molecular weight is 271 g/mol. The number of fused-ring (bicyclic) bond motifs is 1. The fourth-order valence-corrected chi connectivity index (χ4v) is 1.93. The van der Waals surface area contributed by atoms with Crippen molar-refractivity contribution in [2.24, 2.45) is 0 Å². The molecule has 1 aromatic carbocycles. The molecule has 0 aromatic heterocycles. The molecule has 5 heteroatoms. The van der Waals surface area contributed by atoms with E-state index in [2.05, 4.69) is 15.9 Å². The van der Waals surface area contributed by atoms with Crippen molar-refractivity contribution < 1.29 is 19.4 Å². The smallest absolute Gasteiger partial charge is 0.339 e. The zero-order valence-electron chi connectivity index (χ0n) is 7.57. The number of rotatable bonds is 2. The molecule has 1 N–H and O–H groups in total. The summed E-state index contributed by atoms with van der Waals surface area (Å²) in [4.78, 5) is 21.9. The van der Waals surface area contributed by atoms with E-state index in [0.717, 1.165) is 4.47 Å². The molecule has 1 aromatic rings. The van der Waals surface area contributed by atoms with E-state index >= 15 is 0 Å². The van der Waals surface area contributed by atoms with Crippen LogP contribution in [-0.4, -0.2) is 17.0 Å². The topological polar surface area (TPSA) is 63.6 Å². The Morgan fingerprint density at radius 3 is 2.93 bits per heavy atom. The molecule has 1 aliphatic rings. The van der Waals surface area contributed by atoms with Gasteiger partial charge in [0.15, 0.2) is 0 Å². The van der Waals surface area contributed by atoms with Gasteiger partial charge in [0.25, 0.3) is 0 Å². The third kappa shape index (κ3) is 1.87. The maximum Gasteiger partial charge on any atom is 0.339 e. The minimum absolute atomic E-state index is 0.199. The predicted octanol–water partition coefficient (Wildman–Crippen LogP) is 2.14. The number of esters is 1. The molecule has 78 valence electrons. The van der Waals surface area contributed by atoms with Crippen LogP contribution in [0.5, 0.6) is 0 Å². The highest BCUT2D eigenvalue weighted by Crippen LogP contribution is 2.34. The molecule has 1 unspecified atom stereocenters. The van der Waals surface area contributed by atoms with Crippen LogP contribution >= 0.6 is 15.9 Å². The highest BCUT2D eigenvalue weighted by molar-refractivity contribution is 9.10. The first-order valence-corrected chi connectivity index (χ1v) is 5.09. The summed E-state index contributed by atoms with van der Waals surface area (Å²) in [7, 11) is 0. The van der Waals surface area contributed by atoms with E-state index in [0.29, 0.717) is 11.1 Å². The Morgan fingerprint density at radius 2 is 2.27 bits per heavy atom. The number of benzene rings is 1. The highest BCUT2D eigenvalue weighted by atomic mass is 79.9. The molecular formula is C10H7BrO4. The predicted molar refractivity (Wildman–Crippen MR) is 54.6 cm³/mol. The van der Waals surface area contributed by atoms with Gasteiger partial charge in [0.2, 0.25) is 0 Å². The third-order valence-electron chi connectivity index (χ3n) is 2.19. The number of carboxylic acids is 1. The Bertz CT molecular complexity index is 439. The minimum Gasteiger partial charge on any atom is -0.481 e. The van der Waals surface area contributed by atoms with Crippen LogP contribution in [0.4, 0.5) is 0 Å². The van der Waals surface area contributed by atoms with Gasteiger partial charge in [0.05, 0.1) is 12.0 Å². The van der Waals surface area contributed by atoms with Crippen LogP contribution in [0.3, 0.4) is 0 Å². The summed E-state index contributed by atoms with van der Waals surface area (Å²) in [5.41, 5.74) is 1.08. The monoisotopic (exact) mass is 270 g/mol. The van der Waals surface area contributed by atoms with Crippen molar-refractivity contribution in [2.45, 2.75) is 12.5 Å². The van der Waals surface area contributed by atoms with Crippen molar-refractivity contribution in [1.29, 1.82) is 0 Å². The Morgan fingerprint density at radius 1 is 1.53 bits per heavy atom. The van der Waals surface area contributed by atoms with Crippen molar-refractivity contribution in [3.63, 3.8) is 0 Å². The molecule has 2 rings (SSSR count). The number of carboxylic acid groups (broad SMARTS) is 1. The zero-order chi connectivity index (χ0) is 11.0. The number of aliphatic carboxylic acids is 1. The largest absolute Gasteiger partial charge is 0.481 e. The first kappa shape index (κ1) is 10.2. The number of hydrogen-bond donors (Lipinski definition) is 1. The molecule has 1 heterocycles. The van der Waals surface area contributed by atoms with Gasteiger partial charge >= 0.3 is 11.9 Å². The summed E-state index contributed by atoms with van der Waals surface area (Å²) in [5, 5.41) is 8.65. The summed E-state index contributed by atoms with van der Waals surface area (Å²) in [6.45, 7) is 0. The maximum atomic E-state index is 11.3. The minimum atomic E-state index is -0.986. The SMILES string of the molecule is O=C(O)CC1OC(=O)c2ccc(Br)cc21. The summed E-state index contributed by atoms with van der Waals surface area (Å²) in [5.74, 6) is -1.44. The van der Waals surface area contributed by atoms with E-state index in [4.69, 9.17) is 9.84 Å². The Labute approximate surface area is 94.0 Å². The van der Waals surface area contributed by atoms with Crippen LogP contribution in [0.15, 0.2) is 22.7 Å². The molecule has 0 aliphatic carbocycles. The standard InChI is InChI=1S/C10H7BrO4/c11-5-1-2-6-7(3-5)8(4-9(12)13)15-10(6)14/h1-3,8H,4H2,(H,12,13). The van der Waals surface area contributed by atoms with Gasteiger partial charge < -0.3 is 9.84 Å². The number of carbonyl (C=O) groups is 2. The van der Waals surface area contributed by atoms with E-state index in [-0.39, 0.29) is 6.42 Å². The van der Waals surface area contributed by atoms with Gasteiger partial charge in [0, 0.05) is 10.0 Å². The molecule has 1 atom stereocenters. The van der Waals surface area contributed by atoms with Gasteiger partial charge in [0.1, 0.15) is 6.10 Å². The second-order valence-electron chi connectivity index (χ2n) is 3.22. The second-order valence-corrected chi connectivity index (χ2v) is 4.14. The number of cyclic esters (lactones) is 1. The fraction of sp³-hybridized carbons (Fsp3) is 0.200. The first-order chi connectivity index (χ1) is 7.08. The number of hydrogen-bond acceptors (Lipinski definition) is 3. The first-order valence-electron chi connectivity index (χ1n) is 4.30. The lowest BCUT2D eigenvalue weighted by molar-refractivity contribution is -0.139. The van der Waals surface area contributed by atoms with Gasteiger partial charge in [-0.15, -0.1) is 0 Å². The van der Waals surface area contributed by atoms with Gasteiger partial charge in [-0.1, -0.05) is 15.9 Å². The molecule has 0 spiro atoms. The van der Waals surface area contributed by atoms with Crippen molar-refractivity contribution in [1.82, 2.24) is 0 Å². The molecule has 15 heavy (non-hydrogen) atoms. The lowest BCUT2D eigenvalue weighted by Crippen LogP contribution is -2.05. The van der Waals surface area contributed by atoms with E-state index in [1.165, 1.54) is 0 Å². The summed E-state index contributed by atoms with van der Waals surface area (Å²) in [6.07, 6.45) is -0.864. The zero-order valence-corrected chi connectivity index (χ0v) is 9.15. The Kier molecular flexibility index (Phi) is 2.48. The lowest BCUT2D eigenvalue weighted by Gasteiger charge is -2.06. The van der Waals surface area contributed by atoms with Crippen LogP contribution in [0.2, 0.25) is 0 Å². The summed E-state index contributed by atoms with van der Waals surface area (Å²) in [6, 6.07) is 5.07. The molecule has 0 radical (unpaired) electrons.